The number of rotatable bonds is 6. The number of methoxy groups -OCH3 is 1. The maximum atomic E-state index is 12.5. The Labute approximate surface area is 167 Å². The van der Waals surface area contributed by atoms with E-state index in [1.807, 2.05) is 0 Å². The van der Waals surface area contributed by atoms with Crippen LogP contribution in [-0.4, -0.2) is 32.1 Å². The van der Waals surface area contributed by atoms with Gasteiger partial charge in [0.25, 0.3) is 5.91 Å². The number of imide groups is 1. The van der Waals surface area contributed by atoms with Gasteiger partial charge >= 0.3 is 12.0 Å². The van der Waals surface area contributed by atoms with E-state index in [1.165, 1.54) is 20.2 Å². The Balaban J connectivity index is 2.26. The van der Waals surface area contributed by atoms with Crippen LogP contribution in [0.4, 0.5) is 4.79 Å². The third-order valence-electron chi connectivity index (χ3n) is 3.80. The Morgan fingerprint density at radius 1 is 1.07 bits per heavy atom. The normalized spacial score (nSPS) is 11.6. The first-order valence-corrected chi connectivity index (χ1v) is 8.52. The molecule has 0 aliphatic carbocycles. The van der Waals surface area contributed by atoms with Gasteiger partial charge < -0.3 is 14.8 Å². The van der Waals surface area contributed by atoms with Gasteiger partial charge in [0.2, 0.25) is 6.10 Å². The first-order valence-electron chi connectivity index (χ1n) is 8.52. The molecule has 2 N–H and O–H groups in total. The number of urea groups is 1. The molecule has 0 aromatic heterocycles. The van der Waals surface area contributed by atoms with Gasteiger partial charge in [-0.15, -0.1) is 0 Å². The maximum Gasteiger partial charge on any atom is 0.350 e. The van der Waals surface area contributed by atoms with Crippen molar-refractivity contribution in [3.8, 4) is 11.8 Å². The van der Waals surface area contributed by atoms with Crippen LogP contribution in [0.25, 0.3) is 6.08 Å². The topological polar surface area (TPSA) is 118 Å². The number of ether oxygens (including phenoxy) is 2. The molecule has 0 unspecified atom stereocenters. The molecular formula is C21H19N3O5. The Morgan fingerprint density at radius 3 is 2.28 bits per heavy atom. The average molecular weight is 393 g/mol. The Kier molecular flexibility index (Phi) is 7.51. The van der Waals surface area contributed by atoms with Crippen molar-refractivity contribution in [2.24, 2.45) is 0 Å². The molecule has 8 heteroatoms. The van der Waals surface area contributed by atoms with Crippen molar-refractivity contribution in [3.05, 3.63) is 71.3 Å². The number of benzene rings is 2. The van der Waals surface area contributed by atoms with Crippen LogP contribution in [0.15, 0.2) is 60.2 Å². The summed E-state index contributed by atoms with van der Waals surface area (Å²) in [4.78, 5) is 36.4. The van der Waals surface area contributed by atoms with Crippen molar-refractivity contribution in [3.63, 3.8) is 0 Å². The third kappa shape index (κ3) is 5.94. The van der Waals surface area contributed by atoms with Gasteiger partial charge in [-0.05, 0) is 23.8 Å². The lowest BCUT2D eigenvalue weighted by Gasteiger charge is -2.17. The number of nitrogens with zero attached hydrogens (tertiary/aromatic N) is 1. The number of hydrogen-bond donors (Lipinski definition) is 2. The summed E-state index contributed by atoms with van der Waals surface area (Å²) in [5.74, 6) is -1.21. The minimum absolute atomic E-state index is 0.302. The summed E-state index contributed by atoms with van der Waals surface area (Å²) in [5.41, 5.74) is 0.623. The van der Waals surface area contributed by atoms with Crippen LogP contribution < -0.4 is 15.4 Å². The highest BCUT2D eigenvalue weighted by Crippen LogP contribution is 2.20. The van der Waals surface area contributed by atoms with Gasteiger partial charge in [0.1, 0.15) is 17.4 Å². The summed E-state index contributed by atoms with van der Waals surface area (Å²) in [6.45, 7) is 0. The van der Waals surface area contributed by atoms with Crippen LogP contribution in [-0.2, 0) is 14.3 Å². The van der Waals surface area contributed by atoms with E-state index in [0.29, 0.717) is 16.9 Å². The Morgan fingerprint density at radius 2 is 1.72 bits per heavy atom. The van der Waals surface area contributed by atoms with Gasteiger partial charge in [0.15, 0.2) is 0 Å². The number of carbonyl (C=O) groups excluding carboxylic acids is 3. The third-order valence-corrected chi connectivity index (χ3v) is 3.80. The minimum atomic E-state index is -1.41. The number of esters is 1. The lowest BCUT2D eigenvalue weighted by Crippen LogP contribution is -2.41. The Bertz CT molecular complexity index is 947. The fourth-order valence-corrected chi connectivity index (χ4v) is 2.31. The van der Waals surface area contributed by atoms with Crippen LogP contribution in [0.5, 0.6) is 5.75 Å². The van der Waals surface area contributed by atoms with Gasteiger partial charge in [-0.25, -0.2) is 9.59 Å². The molecule has 0 bridgehead atoms. The van der Waals surface area contributed by atoms with E-state index in [9.17, 15) is 19.6 Å². The summed E-state index contributed by atoms with van der Waals surface area (Å²) in [6.07, 6.45) is -0.0749. The standard InChI is InChI=1S/C21H19N3O5/c1-23-21(27)24-19(25)18(15-6-4-3-5-7-15)29-20(26)16(13-22)12-14-8-10-17(28-2)11-9-14/h3-12,18H,1-2H3,(H2,23,24,25,27)/b16-12+/t18-/m0/s1. The number of carbonyl (C=O) groups is 3. The number of amides is 3. The van der Waals surface area contributed by atoms with E-state index in [4.69, 9.17) is 9.47 Å². The highest BCUT2D eigenvalue weighted by molar-refractivity contribution is 6.01. The highest BCUT2D eigenvalue weighted by atomic mass is 16.5. The summed E-state index contributed by atoms with van der Waals surface area (Å²) in [7, 11) is 2.87. The van der Waals surface area contributed by atoms with Crippen LogP contribution >= 0.6 is 0 Å². The summed E-state index contributed by atoms with van der Waals surface area (Å²) < 4.78 is 10.3. The molecule has 0 aliphatic heterocycles. The first kappa shape index (κ1) is 21.2. The average Bonchev–Trinajstić information content (AvgIpc) is 2.76. The lowest BCUT2D eigenvalue weighted by atomic mass is 10.1. The fraction of sp³-hybridized carbons (Fsp3) is 0.143. The van der Waals surface area contributed by atoms with Gasteiger partial charge in [-0.2, -0.15) is 5.26 Å². The zero-order chi connectivity index (χ0) is 21.2. The molecule has 0 saturated carbocycles. The molecule has 29 heavy (non-hydrogen) atoms. The van der Waals surface area contributed by atoms with E-state index in [0.717, 1.165) is 0 Å². The van der Waals surface area contributed by atoms with E-state index in [2.05, 4.69) is 10.6 Å². The molecule has 2 aromatic carbocycles. The molecule has 0 spiro atoms. The molecule has 148 valence electrons. The number of nitrogens with one attached hydrogen (secondary N) is 2. The molecule has 0 heterocycles. The van der Waals surface area contributed by atoms with Crippen LogP contribution in [0.3, 0.4) is 0 Å². The van der Waals surface area contributed by atoms with Crippen molar-refractivity contribution < 1.29 is 23.9 Å². The molecule has 0 saturated heterocycles. The molecule has 8 nitrogen and oxygen atoms in total. The SMILES string of the molecule is CNC(=O)NC(=O)[C@@H](OC(=O)/C(C#N)=C/c1ccc(OC)cc1)c1ccccc1. The number of nitriles is 1. The van der Waals surface area contributed by atoms with E-state index in [1.54, 1.807) is 60.7 Å². The smallest absolute Gasteiger partial charge is 0.350 e. The van der Waals surface area contributed by atoms with Crippen LogP contribution in [0, 0.1) is 11.3 Å². The van der Waals surface area contributed by atoms with E-state index >= 15 is 0 Å². The second kappa shape index (κ2) is 10.3. The molecule has 0 radical (unpaired) electrons. The van der Waals surface area contributed by atoms with E-state index < -0.39 is 24.0 Å². The molecule has 2 rings (SSSR count). The first-order chi connectivity index (χ1) is 14.0. The predicted molar refractivity (Wildman–Crippen MR) is 104 cm³/mol. The second-order valence-electron chi connectivity index (χ2n) is 5.71. The zero-order valence-electron chi connectivity index (χ0n) is 15.8. The summed E-state index contributed by atoms with van der Waals surface area (Å²) in [6, 6.07) is 15.9. The van der Waals surface area contributed by atoms with Crippen molar-refractivity contribution in [2.75, 3.05) is 14.2 Å². The summed E-state index contributed by atoms with van der Waals surface area (Å²) in [5, 5.41) is 13.7. The van der Waals surface area contributed by atoms with Crippen molar-refractivity contribution in [2.45, 2.75) is 6.10 Å². The molecule has 0 aliphatic rings. The van der Waals surface area contributed by atoms with Gasteiger partial charge in [0, 0.05) is 12.6 Å². The predicted octanol–water partition coefficient (Wildman–Crippen LogP) is 2.34. The van der Waals surface area contributed by atoms with Gasteiger partial charge in [-0.1, -0.05) is 42.5 Å². The fourth-order valence-electron chi connectivity index (χ4n) is 2.31. The lowest BCUT2D eigenvalue weighted by molar-refractivity contribution is -0.152. The summed E-state index contributed by atoms with van der Waals surface area (Å²) >= 11 is 0. The van der Waals surface area contributed by atoms with Crippen LogP contribution in [0.2, 0.25) is 0 Å². The zero-order valence-corrected chi connectivity index (χ0v) is 15.8. The highest BCUT2D eigenvalue weighted by Gasteiger charge is 2.27. The number of hydrogen-bond acceptors (Lipinski definition) is 6. The maximum absolute atomic E-state index is 12.5. The van der Waals surface area contributed by atoms with Crippen molar-refractivity contribution in [1.29, 1.82) is 5.26 Å². The molecule has 3 amide bonds. The minimum Gasteiger partial charge on any atom is -0.497 e. The monoisotopic (exact) mass is 393 g/mol. The van der Waals surface area contributed by atoms with E-state index in [-0.39, 0.29) is 5.57 Å². The second-order valence-corrected chi connectivity index (χ2v) is 5.71. The quantitative estimate of drug-likeness (QED) is 0.442. The van der Waals surface area contributed by atoms with Gasteiger partial charge in [0.05, 0.1) is 7.11 Å². The van der Waals surface area contributed by atoms with Crippen LogP contribution in [0.1, 0.15) is 17.2 Å². The van der Waals surface area contributed by atoms with Crippen molar-refractivity contribution in [1.82, 2.24) is 10.6 Å². The molecule has 2 aromatic rings. The molecule has 0 fully saturated rings. The largest absolute Gasteiger partial charge is 0.497 e. The Hall–Kier alpha value is -4.12. The molecule has 1 atom stereocenters. The molecular weight excluding hydrogens is 374 g/mol. The van der Waals surface area contributed by atoms with Gasteiger partial charge in [-0.3, -0.25) is 10.1 Å². The van der Waals surface area contributed by atoms with Crippen molar-refractivity contribution >= 4 is 24.0 Å².